The Morgan fingerprint density at radius 1 is 1.10 bits per heavy atom. The molecule has 2 aliphatic rings. The van der Waals surface area contributed by atoms with Gasteiger partial charge in [0, 0.05) is 25.9 Å². The zero-order valence-corrected chi connectivity index (χ0v) is 18.4. The number of Topliss-reactive ketones (excluding diaryl/α,β-unsaturated/α-hetero) is 1. The molecule has 0 unspecified atom stereocenters. The van der Waals surface area contributed by atoms with E-state index in [-0.39, 0.29) is 10.7 Å². The van der Waals surface area contributed by atoms with Gasteiger partial charge < -0.3 is 9.47 Å². The van der Waals surface area contributed by atoms with E-state index in [1.165, 1.54) is 4.31 Å². The maximum Gasteiger partial charge on any atom is 0.243 e. The van der Waals surface area contributed by atoms with E-state index in [0.29, 0.717) is 56.0 Å². The summed E-state index contributed by atoms with van der Waals surface area (Å²) in [6.07, 6.45) is 1.27. The Balaban J connectivity index is 1.51. The SMILES string of the molecule is CCOc1ccc(S(=O)(=O)N2CCC3(CC2)CC(=O)c2cc(C)cc(C)c2O3)cc1. The molecule has 6 nitrogen and oxygen atoms in total. The number of rotatable bonds is 4. The molecular formula is C23H27NO5S. The normalized spacial score (nSPS) is 18.7. The van der Waals surface area contributed by atoms with E-state index < -0.39 is 15.6 Å². The van der Waals surface area contributed by atoms with E-state index in [9.17, 15) is 13.2 Å². The monoisotopic (exact) mass is 429 g/mol. The van der Waals surface area contributed by atoms with E-state index in [0.717, 1.165) is 11.1 Å². The van der Waals surface area contributed by atoms with Crippen LogP contribution in [0.1, 0.15) is 47.7 Å². The second-order valence-electron chi connectivity index (χ2n) is 8.15. The Morgan fingerprint density at radius 3 is 2.40 bits per heavy atom. The molecule has 0 radical (unpaired) electrons. The zero-order valence-electron chi connectivity index (χ0n) is 17.6. The van der Waals surface area contributed by atoms with Crippen LogP contribution in [0, 0.1) is 13.8 Å². The first-order valence-corrected chi connectivity index (χ1v) is 11.7. The van der Waals surface area contributed by atoms with Crippen LogP contribution in [0.15, 0.2) is 41.3 Å². The third-order valence-corrected chi connectivity index (χ3v) is 7.84. The molecule has 1 saturated heterocycles. The van der Waals surface area contributed by atoms with Crippen LogP contribution in [-0.2, 0) is 10.0 Å². The molecule has 0 aromatic heterocycles. The Hall–Kier alpha value is -2.38. The largest absolute Gasteiger partial charge is 0.494 e. The van der Waals surface area contributed by atoms with E-state index in [1.54, 1.807) is 24.3 Å². The summed E-state index contributed by atoms with van der Waals surface area (Å²) in [5, 5.41) is 0. The zero-order chi connectivity index (χ0) is 21.5. The summed E-state index contributed by atoms with van der Waals surface area (Å²) in [4.78, 5) is 13.1. The van der Waals surface area contributed by atoms with Crippen LogP contribution < -0.4 is 9.47 Å². The molecule has 2 heterocycles. The molecule has 160 valence electrons. The lowest BCUT2D eigenvalue weighted by molar-refractivity contribution is 0.00534. The van der Waals surface area contributed by atoms with Crippen molar-refractivity contribution in [2.24, 2.45) is 0 Å². The van der Waals surface area contributed by atoms with E-state index >= 15 is 0 Å². The maximum atomic E-state index is 13.1. The van der Waals surface area contributed by atoms with Crippen molar-refractivity contribution in [1.29, 1.82) is 0 Å². The highest BCUT2D eigenvalue weighted by atomic mass is 32.2. The molecule has 0 aliphatic carbocycles. The molecule has 0 amide bonds. The minimum absolute atomic E-state index is 0.0749. The van der Waals surface area contributed by atoms with Crippen molar-refractivity contribution in [3.8, 4) is 11.5 Å². The van der Waals surface area contributed by atoms with Crippen molar-refractivity contribution < 1.29 is 22.7 Å². The van der Waals surface area contributed by atoms with Gasteiger partial charge in [-0.2, -0.15) is 4.31 Å². The van der Waals surface area contributed by atoms with Gasteiger partial charge in [0.15, 0.2) is 5.78 Å². The maximum absolute atomic E-state index is 13.1. The van der Waals surface area contributed by atoms with Crippen molar-refractivity contribution >= 4 is 15.8 Å². The highest BCUT2D eigenvalue weighted by Crippen LogP contribution is 2.42. The minimum Gasteiger partial charge on any atom is -0.494 e. The molecule has 2 aromatic rings. The standard InChI is InChI=1S/C23H27NO5S/c1-4-28-18-5-7-19(8-6-18)30(26,27)24-11-9-23(10-12-24)15-21(25)20-14-16(2)13-17(3)22(20)29-23/h5-8,13-14H,4,9-12,15H2,1-3H3. The van der Waals surface area contributed by atoms with Crippen LogP contribution in [0.5, 0.6) is 11.5 Å². The average molecular weight is 430 g/mol. The Labute approximate surface area is 177 Å². The van der Waals surface area contributed by atoms with Gasteiger partial charge in [0.2, 0.25) is 10.0 Å². The van der Waals surface area contributed by atoms with Gasteiger partial charge in [-0.15, -0.1) is 0 Å². The molecule has 2 aliphatic heterocycles. The first kappa shape index (κ1) is 20.9. The van der Waals surface area contributed by atoms with Crippen LogP contribution in [0.25, 0.3) is 0 Å². The predicted octanol–water partition coefficient (Wildman–Crippen LogP) is 3.89. The van der Waals surface area contributed by atoms with Crippen molar-refractivity contribution in [3.05, 3.63) is 53.1 Å². The number of ether oxygens (including phenoxy) is 2. The van der Waals surface area contributed by atoms with Gasteiger partial charge >= 0.3 is 0 Å². The van der Waals surface area contributed by atoms with Crippen LogP contribution in [0.4, 0.5) is 0 Å². The van der Waals surface area contributed by atoms with Gasteiger partial charge in [-0.1, -0.05) is 6.07 Å². The fraction of sp³-hybridized carbons (Fsp3) is 0.435. The Bertz CT molecular complexity index is 1070. The lowest BCUT2D eigenvalue weighted by atomic mass is 9.82. The van der Waals surface area contributed by atoms with Crippen molar-refractivity contribution in [3.63, 3.8) is 0 Å². The van der Waals surface area contributed by atoms with E-state index in [4.69, 9.17) is 9.47 Å². The number of benzene rings is 2. The van der Waals surface area contributed by atoms with Crippen LogP contribution in [0.3, 0.4) is 0 Å². The number of hydrogen-bond donors (Lipinski definition) is 0. The molecular weight excluding hydrogens is 402 g/mol. The highest BCUT2D eigenvalue weighted by Gasteiger charge is 2.45. The molecule has 30 heavy (non-hydrogen) atoms. The van der Waals surface area contributed by atoms with Gasteiger partial charge in [-0.3, -0.25) is 4.79 Å². The summed E-state index contributed by atoms with van der Waals surface area (Å²) in [6.45, 7) is 6.97. The van der Waals surface area contributed by atoms with Gasteiger partial charge in [0.25, 0.3) is 0 Å². The molecule has 0 atom stereocenters. The quantitative estimate of drug-likeness (QED) is 0.737. The van der Waals surface area contributed by atoms with Crippen molar-refractivity contribution in [2.45, 2.75) is 50.5 Å². The van der Waals surface area contributed by atoms with Crippen molar-refractivity contribution in [1.82, 2.24) is 4.31 Å². The second kappa shape index (κ2) is 7.71. The minimum atomic E-state index is -3.60. The third kappa shape index (κ3) is 3.72. The lowest BCUT2D eigenvalue weighted by Gasteiger charge is -2.44. The molecule has 7 heteroatoms. The van der Waals surface area contributed by atoms with Gasteiger partial charge in [0.1, 0.15) is 17.1 Å². The Morgan fingerprint density at radius 2 is 1.77 bits per heavy atom. The smallest absolute Gasteiger partial charge is 0.243 e. The first-order chi connectivity index (χ1) is 14.2. The molecule has 0 saturated carbocycles. The number of ketones is 1. The molecule has 2 aromatic carbocycles. The number of fused-ring (bicyclic) bond motifs is 1. The fourth-order valence-corrected chi connectivity index (χ4v) is 5.82. The molecule has 1 fully saturated rings. The van der Waals surface area contributed by atoms with Gasteiger partial charge in [-0.25, -0.2) is 8.42 Å². The summed E-state index contributed by atoms with van der Waals surface area (Å²) < 4.78 is 39.4. The Kier molecular flexibility index (Phi) is 5.36. The average Bonchev–Trinajstić information content (AvgIpc) is 2.70. The van der Waals surface area contributed by atoms with Crippen LogP contribution >= 0.6 is 0 Å². The number of carbonyl (C=O) groups is 1. The lowest BCUT2D eigenvalue weighted by Crippen LogP contribution is -2.52. The van der Waals surface area contributed by atoms with Crippen molar-refractivity contribution in [2.75, 3.05) is 19.7 Å². The van der Waals surface area contributed by atoms with Crippen LogP contribution in [0.2, 0.25) is 0 Å². The van der Waals surface area contributed by atoms with E-state index in [1.807, 2.05) is 32.9 Å². The summed E-state index contributed by atoms with van der Waals surface area (Å²) in [7, 11) is -3.60. The topological polar surface area (TPSA) is 72.9 Å². The third-order valence-electron chi connectivity index (χ3n) is 5.93. The van der Waals surface area contributed by atoms with Crippen LogP contribution in [-0.4, -0.2) is 43.8 Å². The summed E-state index contributed by atoms with van der Waals surface area (Å²) in [5.41, 5.74) is 1.99. The molecule has 0 N–H and O–H groups in total. The number of hydrogen-bond acceptors (Lipinski definition) is 5. The summed E-state index contributed by atoms with van der Waals surface area (Å²) in [5.74, 6) is 1.37. The number of nitrogens with zero attached hydrogens (tertiary/aromatic N) is 1. The number of piperidine rings is 1. The number of aryl methyl sites for hydroxylation is 2. The molecule has 1 spiro atoms. The first-order valence-electron chi connectivity index (χ1n) is 10.3. The molecule has 0 bridgehead atoms. The van der Waals surface area contributed by atoms with Gasteiger partial charge in [0.05, 0.1) is 23.5 Å². The highest BCUT2D eigenvalue weighted by molar-refractivity contribution is 7.89. The van der Waals surface area contributed by atoms with Gasteiger partial charge in [-0.05, 0) is 62.2 Å². The summed E-state index contributed by atoms with van der Waals surface area (Å²) in [6, 6.07) is 10.4. The summed E-state index contributed by atoms with van der Waals surface area (Å²) >= 11 is 0. The molecule has 4 rings (SSSR count). The predicted molar refractivity (Wildman–Crippen MR) is 114 cm³/mol. The second-order valence-corrected chi connectivity index (χ2v) is 10.1. The number of sulfonamides is 1. The van der Waals surface area contributed by atoms with E-state index in [2.05, 4.69) is 0 Å². The fourth-order valence-electron chi connectivity index (χ4n) is 4.37. The number of carbonyl (C=O) groups excluding carboxylic acids is 1.